The molecule has 3 aromatic rings. The second kappa shape index (κ2) is 5.62. The van der Waals surface area contributed by atoms with E-state index < -0.39 is 0 Å². The molecule has 4 rings (SSSR count). The van der Waals surface area contributed by atoms with Crippen molar-refractivity contribution in [1.29, 1.82) is 0 Å². The zero-order chi connectivity index (χ0) is 15.8. The smallest absolute Gasteiger partial charge is 0.294 e. The summed E-state index contributed by atoms with van der Waals surface area (Å²) in [6, 6.07) is 11.4. The normalized spacial score (nSPS) is 16.6. The van der Waals surface area contributed by atoms with Gasteiger partial charge in [-0.2, -0.15) is 0 Å². The van der Waals surface area contributed by atoms with E-state index in [0.717, 1.165) is 27.6 Å². The van der Waals surface area contributed by atoms with Crippen molar-refractivity contribution in [3.8, 4) is 0 Å². The Bertz CT molecular complexity index is 896. The van der Waals surface area contributed by atoms with Crippen LogP contribution in [0.25, 0.3) is 17.1 Å². The van der Waals surface area contributed by atoms with Crippen LogP contribution in [0.2, 0.25) is 0 Å². The molecular weight excluding hydrogens is 310 g/mol. The van der Waals surface area contributed by atoms with E-state index in [0.29, 0.717) is 12.3 Å². The number of furan rings is 1. The Balaban J connectivity index is 1.71. The number of fused-ring (bicyclic) bond motifs is 1. The molecule has 5 nitrogen and oxygen atoms in total. The molecule has 0 atom stereocenters. The summed E-state index contributed by atoms with van der Waals surface area (Å²) in [6.07, 6.45) is 3.49. The van der Waals surface area contributed by atoms with Gasteiger partial charge in [0.1, 0.15) is 5.82 Å². The summed E-state index contributed by atoms with van der Waals surface area (Å²) in [7, 11) is 1.99. The fourth-order valence-electron chi connectivity index (χ4n) is 2.69. The minimum Gasteiger partial charge on any atom is -0.459 e. The molecule has 2 aromatic heterocycles. The number of amides is 1. The Labute approximate surface area is 137 Å². The van der Waals surface area contributed by atoms with Gasteiger partial charge in [0.05, 0.1) is 22.3 Å². The molecule has 0 spiro atoms. The van der Waals surface area contributed by atoms with Gasteiger partial charge in [-0.25, -0.2) is 4.98 Å². The van der Waals surface area contributed by atoms with Gasteiger partial charge < -0.3 is 8.98 Å². The fraction of sp³-hybridized carbons (Fsp3) is 0.176. The van der Waals surface area contributed by atoms with Crippen LogP contribution in [-0.4, -0.2) is 32.7 Å². The highest BCUT2D eigenvalue weighted by atomic mass is 32.2. The van der Waals surface area contributed by atoms with E-state index >= 15 is 0 Å². The van der Waals surface area contributed by atoms with Gasteiger partial charge in [-0.15, -0.1) is 11.8 Å². The Morgan fingerprint density at radius 2 is 2.17 bits per heavy atom. The van der Waals surface area contributed by atoms with Gasteiger partial charge in [-0.05, 0) is 24.3 Å². The van der Waals surface area contributed by atoms with Crippen molar-refractivity contribution in [2.24, 2.45) is 7.05 Å². The number of thioether (sulfide) groups is 1. The summed E-state index contributed by atoms with van der Waals surface area (Å²) in [5.74, 6) is 1.98. The highest BCUT2D eigenvalue weighted by Crippen LogP contribution is 2.31. The number of aryl methyl sites for hydroxylation is 1. The van der Waals surface area contributed by atoms with Crippen molar-refractivity contribution in [2.45, 2.75) is 0 Å². The quantitative estimate of drug-likeness (QED) is 0.725. The van der Waals surface area contributed by atoms with Crippen molar-refractivity contribution in [1.82, 2.24) is 14.5 Å². The molecule has 0 N–H and O–H groups in total. The van der Waals surface area contributed by atoms with Crippen LogP contribution in [0.15, 0.2) is 52.1 Å². The molecule has 0 aliphatic carbocycles. The van der Waals surface area contributed by atoms with Crippen LogP contribution < -0.4 is 0 Å². The molecule has 0 radical (unpaired) electrons. The second-order valence-corrected chi connectivity index (χ2v) is 6.40. The first-order valence-corrected chi connectivity index (χ1v) is 8.34. The molecule has 23 heavy (non-hydrogen) atoms. The third-order valence-corrected chi connectivity index (χ3v) is 4.90. The number of hydrogen-bond acceptors (Lipinski definition) is 4. The monoisotopic (exact) mass is 325 g/mol. The Morgan fingerprint density at radius 1 is 1.30 bits per heavy atom. The molecule has 1 aliphatic rings. The van der Waals surface area contributed by atoms with Crippen LogP contribution in [0.5, 0.6) is 0 Å². The minimum atomic E-state index is -0.106. The van der Waals surface area contributed by atoms with Gasteiger partial charge in [-0.1, -0.05) is 12.1 Å². The number of nitrogens with zero attached hydrogens (tertiary/aromatic N) is 3. The summed E-state index contributed by atoms with van der Waals surface area (Å²) in [4.78, 5) is 18.9. The molecule has 1 saturated heterocycles. The average Bonchev–Trinajstić information content (AvgIpc) is 3.29. The molecule has 1 aliphatic heterocycles. The lowest BCUT2D eigenvalue weighted by Gasteiger charge is -2.15. The summed E-state index contributed by atoms with van der Waals surface area (Å²) >= 11 is 1.66. The number of benzene rings is 1. The maximum Gasteiger partial charge on any atom is 0.294 e. The maximum absolute atomic E-state index is 12.5. The van der Waals surface area contributed by atoms with E-state index in [9.17, 15) is 4.79 Å². The predicted molar refractivity (Wildman–Crippen MR) is 90.9 cm³/mol. The van der Waals surface area contributed by atoms with E-state index in [1.165, 1.54) is 6.26 Å². The number of para-hydroxylation sites is 2. The van der Waals surface area contributed by atoms with Gasteiger partial charge >= 0.3 is 0 Å². The first-order chi connectivity index (χ1) is 11.2. The van der Waals surface area contributed by atoms with Crippen molar-refractivity contribution >= 4 is 34.8 Å². The first kappa shape index (κ1) is 14.1. The zero-order valence-corrected chi connectivity index (χ0v) is 13.4. The Kier molecular flexibility index (Phi) is 3.46. The maximum atomic E-state index is 12.5. The summed E-state index contributed by atoms with van der Waals surface area (Å²) in [5, 5.41) is 0.907. The lowest BCUT2D eigenvalue weighted by Crippen LogP contribution is -2.26. The molecule has 116 valence electrons. The highest BCUT2D eigenvalue weighted by Gasteiger charge is 2.27. The van der Waals surface area contributed by atoms with Crippen LogP contribution >= 0.6 is 11.8 Å². The first-order valence-electron chi connectivity index (χ1n) is 7.35. The lowest BCUT2D eigenvalue weighted by atomic mass is 10.3. The molecule has 6 heteroatoms. The van der Waals surface area contributed by atoms with Crippen LogP contribution in [0, 0.1) is 0 Å². The van der Waals surface area contributed by atoms with Crippen LogP contribution in [0.3, 0.4) is 0 Å². The summed E-state index contributed by atoms with van der Waals surface area (Å²) in [6.45, 7) is 0.681. The van der Waals surface area contributed by atoms with Crippen LogP contribution in [-0.2, 0) is 7.05 Å². The molecule has 1 fully saturated rings. The second-order valence-electron chi connectivity index (χ2n) is 5.28. The molecule has 0 bridgehead atoms. The number of imidazole rings is 1. The third kappa shape index (κ3) is 2.45. The Morgan fingerprint density at radius 3 is 2.96 bits per heavy atom. The van der Waals surface area contributed by atoms with Gasteiger partial charge in [0.2, 0.25) is 0 Å². The van der Waals surface area contributed by atoms with E-state index in [2.05, 4.69) is 4.98 Å². The SMILES string of the molecule is Cn1c(/C=C2/SCCN2C(=O)c2ccco2)nc2ccccc21. The molecule has 0 saturated carbocycles. The van der Waals surface area contributed by atoms with E-state index in [-0.39, 0.29) is 5.91 Å². The number of carbonyl (C=O) groups is 1. The van der Waals surface area contributed by atoms with Gasteiger partial charge in [-0.3, -0.25) is 9.69 Å². The fourth-order valence-corrected chi connectivity index (χ4v) is 3.69. The van der Waals surface area contributed by atoms with Gasteiger partial charge in [0.25, 0.3) is 5.91 Å². The van der Waals surface area contributed by atoms with Crippen molar-refractivity contribution in [3.63, 3.8) is 0 Å². The van der Waals surface area contributed by atoms with Gasteiger partial charge in [0, 0.05) is 25.4 Å². The van der Waals surface area contributed by atoms with E-state index in [1.807, 2.05) is 42.0 Å². The van der Waals surface area contributed by atoms with Crippen molar-refractivity contribution in [2.75, 3.05) is 12.3 Å². The molecule has 1 amide bonds. The third-order valence-electron chi connectivity index (χ3n) is 3.88. The van der Waals surface area contributed by atoms with Crippen LogP contribution in [0.1, 0.15) is 16.4 Å². The van der Waals surface area contributed by atoms with Crippen molar-refractivity contribution in [3.05, 3.63) is 59.3 Å². The Hall–Kier alpha value is -2.47. The summed E-state index contributed by atoms with van der Waals surface area (Å²) in [5.41, 5.74) is 2.03. The zero-order valence-electron chi connectivity index (χ0n) is 12.6. The molecule has 1 aromatic carbocycles. The average molecular weight is 325 g/mol. The van der Waals surface area contributed by atoms with Crippen molar-refractivity contribution < 1.29 is 9.21 Å². The highest BCUT2D eigenvalue weighted by molar-refractivity contribution is 8.03. The van der Waals surface area contributed by atoms with E-state index in [1.54, 1.807) is 28.8 Å². The lowest BCUT2D eigenvalue weighted by molar-refractivity contribution is 0.0800. The minimum absolute atomic E-state index is 0.106. The number of hydrogen-bond donors (Lipinski definition) is 0. The molecule has 3 heterocycles. The topological polar surface area (TPSA) is 51.3 Å². The number of carbonyl (C=O) groups excluding carboxylic acids is 1. The number of rotatable bonds is 2. The number of aromatic nitrogens is 2. The standard InChI is InChI=1S/C17H15N3O2S/c1-19-13-6-3-2-5-12(13)18-15(19)11-16-20(8-10-23-16)17(21)14-7-4-9-22-14/h2-7,9,11H,8,10H2,1H3/b16-11+. The van der Waals surface area contributed by atoms with Gasteiger partial charge in [0.15, 0.2) is 5.76 Å². The van der Waals surface area contributed by atoms with E-state index in [4.69, 9.17) is 4.42 Å². The summed E-state index contributed by atoms with van der Waals surface area (Å²) < 4.78 is 7.27. The largest absolute Gasteiger partial charge is 0.459 e. The molecule has 0 unspecified atom stereocenters. The predicted octanol–water partition coefficient (Wildman–Crippen LogP) is 3.35. The molecular formula is C17H15N3O2S. The van der Waals surface area contributed by atoms with Crippen LogP contribution in [0.4, 0.5) is 0 Å².